The van der Waals surface area contributed by atoms with E-state index >= 15 is 0 Å². The van der Waals surface area contributed by atoms with Crippen LogP contribution in [0.1, 0.15) is 18.2 Å². The second-order valence-corrected chi connectivity index (χ2v) is 4.58. The molecule has 0 radical (unpaired) electrons. The van der Waals surface area contributed by atoms with Gasteiger partial charge in [0.05, 0.1) is 0 Å². The summed E-state index contributed by atoms with van der Waals surface area (Å²) >= 11 is 3.14. The first-order valence-corrected chi connectivity index (χ1v) is 4.59. The molecule has 0 aliphatic rings. The molecule has 70 valence electrons. The van der Waals surface area contributed by atoms with E-state index in [1.807, 2.05) is 6.92 Å². The van der Waals surface area contributed by atoms with Crippen molar-refractivity contribution in [2.45, 2.75) is 18.2 Å². The van der Waals surface area contributed by atoms with Crippen molar-refractivity contribution in [1.82, 2.24) is 4.98 Å². The molecule has 13 heavy (non-hydrogen) atoms. The van der Waals surface area contributed by atoms with Crippen LogP contribution in [0.25, 0.3) is 0 Å². The third-order valence-electron chi connectivity index (χ3n) is 1.86. The number of aryl methyl sites for hydroxylation is 1. The van der Waals surface area contributed by atoms with Crippen LogP contribution < -0.4 is 0 Å². The van der Waals surface area contributed by atoms with E-state index in [1.54, 1.807) is 25.3 Å². The Labute approximate surface area is 84.9 Å². The summed E-state index contributed by atoms with van der Waals surface area (Å²) in [6, 6.07) is 3.54. The predicted molar refractivity (Wildman–Crippen MR) is 52.9 cm³/mol. The number of aromatic nitrogens is 1. The number of carboxylic acids is 1. The number of hydrogen-bond donors (Lipinski definition) is 1. The fourth-order valence-corrected chi connectivity index (χ4v) is 1.10. The van der Waals surface area contributed by atoms with Crippen LogP contribution in [-0.2, 0) is 9.12 Å². The highest BCUT2D eigenvalue weighted by Gasteiger charge is 2.31. The summed E-state index contributed by atoms with van der Waals surface area (Å²) in [6.45, 7) is 3.44. The standard InChI is InChI=1S/C9H10BrNO2/c1-6-3-4-7(5-11-6)9(2,10)8(12)13/h3-5H,1-2H3,(H,12,13). The number of carboxylic acid groups (broad SMARTS) is 1. The molecule has 0 fully saturated rings. The smallest absolute Gasteiger partial charge is 0.324 e. The Kier molecular flexibility index (Phi) is 2.71. The van der Waals surface area contributed by atoms with E-state index in [-0.39, 0.29) is 0 Å². The molecule has 3 nitrogen and oxygen atoms in total. The third-order valence-corrected chi connectivity index (χ3v) is 2.65. The van der Waals surface area contributed by atoms with Gasteiger partial charge < -0.3 is 5.11 Å². The first kappa shape index (κ1) is 10.2. The van der Waals surface area contributed by atoms with Gasteiger partial charge in [0.2, 0.25) is 0 Å². The molecule has 1 N–H and O–H groups in total. The third kappa shape index (κ3) is 2.06. The van der Waals surface area contributed by atoms with Gasteiger partial charge in [0.25, 0.3) is 0 Å². The lowest BCUT2D eigenvalue weighted by Gasteiger charge is -2.16. The van der Waals surface area contributed by atoms with E-state index in [4.69, 9.17) is 5.11 Å². The monoisotopic (exact) mass is 243 g/mol. The van der Waals surface area contributed by atoms with Gasteiger partial charge in [-0.05, 0) is 25.5 Å². The average Bonchev–Trinajstić information content (AvgIpc) is 2.04. The molecule has 1 unspecified atom stereocenters. The zero-order valence-corrected chi connectivity index (χ0v) is 9.00. The number of carbonyl (C=O) groups is 1. The van der Waals surface area contributed by atoms with E-state index in [1.165, 1.54) is 0 Å². The van der Waals surface area contributed by atoms with Gasteiger partial charge in [-0.3, -0.25) is 9.78 Å². The molecule has 0 saturated carbocycles. The molecule has 0 aliphatic heterocycles. The molecule has 1 aromatic heterocycles. The molecule has 1 rings (SSSR count). The molecular weight excluding hydrogens is 234 g/mol. The maximum Gasteiger partial charge on any atom is 0.324 e. The summed E-state index contributed by atoms with van der Waals surface area (Å²) in [5.41, 5.74) is 1.52. The Morgan fingerprint density at radius 2 is 2.23 bits per heavy atom. The number of hydrogen-bond acceptors (Lipinski definition) is 2. The fraction of sp³-hybridized carbons (Fsp3) is 0.333. The average molecular weight is 244 g/mol. The van der Waals surface area contributed by atoms with Crippen LogP contribution in [0.5, 0.6) is 0 Å². The molecule has 0 aliphatic carbocycles. The zero-order chi connectivity index (χ0) is 10.1. The van der Waals surface area contributed by atoms with E-state index < -0.39 is 10.3 Å². The van der Waals surface area contributed by atoms with E-state index in [9.17, 15) is 4.79 Å². The SMILES string of the molecule is Cc1ccc(C(C)(Br)C(=O)O)cn1. The summed E-state index contributed by atoms with van der Waals surface area (Å²) in [6.07, 6.45) is 1.57. The molecule has 1 aromatic rings. The Balaban J connectivity index is 3.08. The van der Waals surface area contributed by atoms with Gasteiger partial charge in [0, 0.05) is 11.9 Å². The molecule has 0 aromatic carbocycles. The second-order valence-electron chi connectivity index (χ2n) is 3.00. The van der Waals surface area contributed by atoms with Crippen LogP contribution in [0.4, 0.5) is 0 Å². The number of alkyl halides is 1. The van der Waals surface area contributed by atoms with Crippen LogP contribution in [0.15, 0.2) is 18.3 Å². The molecule has 4 heteroatoms. The molecule has 1 heterocycles. The van der Waals surface area contributed by atoms with Crippen LogP contribution in [0, 0.1) is 6.92 Å². The van der Waals surface area contributed by atoms with Gasteiger partial charge in [-0.15, -0.1) is 0 Å². The van der Waals surface area contributed by atoms with Gasteiger partial charge in [0.15, 0.2) is 0 Å². The lowest BCUT2D eigenvalue weighted by molar-refractivity contribution is -0.139. The van der Waals surface area contributed by atoms with Crippen molar-refractivity contribution in [3.63, 3.8) is 0 Å². The lowest BCUT2D eigenvalue weighted by atomic mass is 10.0. The summed E-state index contributed by atoms with van der Waals surface area (Å²) in [5, 5.41) is 8.89. The maximum atomic E-state index is 10.8. The van der Waals surface area contributed by atoms with Gasteiger partial charge in [-0.2, -0.15) is 0 Å². The van der Waals surface area contributed by atoms with Crippen molar-refractivity contribution in [1.29, 1.82) is 0 Å². The first-order valence-electron chi connectivity index (χ1n) is 3.80. The molecule has 0 spiro atoms. The summed E-state index contributed by atoms with van der Waals surface area (Å²) < 4.78 is -1.05. The topological polar surface area (TPSA) is 50.2 Å². The Morgan fingerprint density at radius 1 is 1.62 bits per heavy atom. The number of aliphatic carboxylic acids is 1. The van der Waals surface area contributed by atoms with Crippen molar-refractivity contribution in [3.8, 4) is 0 Å². The van der Waals surface area contributed by atoms with Gasteiger partial charge in [-0.1, -0.05) is 22.0 Å². The Hall–Kier alpha value is -0.900. The molecule has 1 atom stereocenters. The quantitative estimate of drug-likeness (QED) is 0.810. The second kappa shape index (κ2) is 3.46. The van der Waals surface area contributed by atoms with E-state index in [2.05, 4.69) is 20.9 Å². The van der Waals surface area contributed by atoms with Gasteiger partial charge in [0.1, 0.15) is 4.32 Å². The highest BCUT2D eigenvalue weighted by Crippen LogP contribution is 2.30. The molecular formula is C9H10BrNO2. The largest absolute Gasteiger partial charge is 0.480 e. The van der Waals surface area contributed by atoms with Crippen LogP contribution >= 0.6 is 15.9 Å². The van der Waals surface area contributed by atoms with Crippen LogP contribution in [0.3, 0.4) is 0 Å². The molecule has 0 amide bonds. The number of pyridine rings is 1. The first-order chi connectivity index (χ1) is 5.94. The van der Waals surface area contributed by atoms with Crippen molar-refractivity contribution < 1.29 is 9.90 Å². The minimum absolute atomic E-state index is 0.644. The predicted octanol–water partition coefficient (Wildman–Crippen LogP) is 2.08. The van der Waals surface area contributed by atoms with Crippen LogP contribution in [-0.4, -0.2) is 16.1 Å². The van der Waals surface area contributed by atoms with Gasteiger partial charge in [-0.25, -0.2) is 0 Å². The Bertz CT molecular complexity index is 319. The van der Waals surface area contributed by atoms with E-state index in [0.29, 0.717) is 5.56 Å². The molecule has 0 saturated heterocycles. The van der Waals surface area contributed by atoms with Crippen molar-refractivity contribution in [2.75, 3.05) is 0 Å². The number of nitrogens with zero attached hydrogens (tertiary/aromatic N) is 1. The normalized spacial score (nSPS) is 15.0. The zero-order valence-electron chi connectivity index (χ0n) is 7.41. The van der Waals surface area contributed by atoms with Crippen molar-refractivity contribution in [3.05, 3.63) is 29.6 Å². The summed E-state index contributed by atoms with van der Waals surface area (Å²) in [5.74, 6) is -0.918. The van der Waals surface area contributed by atoms with Crippen molar-refractivity contribution in [2.24, 2.45) is 0 Å². The highest BCUT2D eigenvalue weighted by molar-refractivity contribution is 9.10. The molecule has 0 bridgehead atoms. The maximum absolute atomic E-state index is 10.8. The highest BCUT2D eigenvalue weighted by atomic mass is 79.9. The summed E-state index contributed by atoms with van der Waals surface area (Å²) in [4.78, 5) is 14.9. The summed E-state index contributed by atoms with van der Waals surface area (Å²) in [7, 11) is 0. The van der Waals surface area contributed by atoms with Crippen LogP contribution in [0.2, 0.25) is 0 Å². The minimum atomic E-state index is -1.05. The number of halogens is 1. The lowest BCUT2D eigenvalue weighted by Crippen LogP contribution is -2.25. The Morgan fingerprint density at radius 3 is 2.62 bits per heavy atom. The number of rotatable bonds is 2. The van der Waals surface area contributed by atoms with Gasteiger partial charge >= 0.3 is 5.97 Å². The van der Waals surface area contributed by atoms with Crippen molar-refractivity contribution >= 4 is 21.9 Å². The fourth-order valence-electron chi connectivity index (χ4n) is 0.869. The minimum Gasteiger partial charge on any atom is -0.480 e. The van der Waals surface area contributed by atoms with E-state index in [0.717, 1.165) is 5.69 Å².